The molecule has 0 aromatic heterocycles. The fourth-order valence-corrected chi connectivity index (χ4v) is 1.53. The third-order valence-corrected chi connectivity index (χ3v) is 2.69. The average Bonchev–Trinajstić information content (AvgIpc) is 2.21. The molecule has 0 spiro atoms. The molecular formula is C12H30N4. The van der Waals surface area contributed by atoms with Crippen molar-refractivity contribution in [3.8, 4) is 0 Å². The Bertz CT molecular complexity index is 148. The van der Waals surface area contributed by atoms with Crippen LogP contribution in [0.3, 0.4) is 0 Å². The Morgan fingerprint density at radius 2 is 1.50 bits per heavy atom. The van der Waals surface area contributed by atoms with Crippen LogP contribution in [0, 0.1) is 0 Å². The lowest BCUT2D eigenvalue weighted by atomic mass is 10.3. The topological polar surface area (TPSA) is 30.5 Å². The molecule has 0 amide bonds. The Kier molecular flexibility index (Phi) is 9.92. The first-order chi connectivity index (χ1) is 7.57. The van der Waals surface area contributed by atoms with Crippen molar-refractivity contribution in [3.63, 3.8) is 0 Å². The zero-order valence-corrected chi connectivity index (χ0v) is 11.7. The molecule has 16 heavy (non-hydrogen) atoms. The van der Waals surface area contributed by atoms with Gasteiger partial charge in [-0.3, -0.25) is 4.90 Å². The molecule has 0 atom stereocenters. The van der Waals surface area contributed by atoms with Gasteiger partial charge in [0, 0.05) is 45.3 Å². The molecule has 4 nitrogen and oxygen atoms in total. The monoisotopic (exact) mass is 230 g/mol. The summed E-state index contributed by atoms with van der Waals surface area (Å²) in [4.78, 5) is 4.70. The van der Waals surface area contributed by atoms with Crippen molar-refractivity contribution >= 4 is 0 Å². The molecule has 0 saturated heterocycles. The van der Waals surface area contributed by atoms with E-state index in [2.05, 4.69) is 48.4 Å². The lowest BCUT2D eigenvalue weighted by Crippen LogP contribution is -2.41. The fraction of sp³-hybridized carbons (Fsp3) is 1.00. The van der Waals surface area contributed by atoms with Crippen molar-refractivity contribution in [1.82, 2.24) is 20.4 Å². The second kappa shape index (κ2) is 10.0. The molecule has 0 aliphatic rings. The molecule has 4 heteroatoms. The van der Waals surface area contributed by atoms with E-state index in [-0.39, 0.29) is 0 Å². The number of nitrogens with zero attached hydrogens (tertiary/aromatic N) is 2. The van der Waals surface area contributed by atoms with Gasteiger partial charge in [0.1, 0.15) is 0 Å². The summed E-state index contributed by atoms with van der Waals surface area (Å²) in [6.45, 7) is 11.1. The Hall–Kier alpha value is -0.160. The first-order valence-electron chi connectivity index (χ1n) is 6.32. The Balaban J connectivity index is 3.52. The van der Waals surface area contributed by atoms with E-state index in [0.29, 0.717) is 6.04 Å². The highest BCUT2D eigenvalue weighted by Crippen LogP contribution is 1.95. The molecule has 0 saturated carbocycles. The average molecular weight is 230 g/mol. The summed E-state index contributed by atoms with van der Waals surface area (Å²) in [5.41, 5.74) is 0. The van der Waals surface area contributed by atoms with Crippen molar-refractivity contribution in [2.24, 2.45) is 0 Å². The lowest BCUT2D eigenvalue weighted by Gasteiger charge is -2.26. The zero-order valence-electron chi connectivity index (χ0n) is 11.7. The van der Waals surface area contributed by atoms with E-state index in [1.165, 1.54) is 0 Å². The minimum absolute atomic E-state index is 0.629. The van der Waals surface area contributed by atoms with E-state index in [1.807, 2.05) is 7.05 Å². The van der Waals surface area contributed by atoms with Gasteiger partial charge in [-0.1, -0.05) is 0 Å². The summed E-state index contributed by atoms with van der Waals surface area (Å²) in [6.07, 6.45) is 0. The van der Waals surface area contributed by atoms with Crippen molar-refractivity contribution in [2.45, 2.75) is 19.9 Å². The van der Waals surface area contributed by atoms with E-state index >= 15 is 0 Å². The predicted molar refractivity (Wildman–Crippen MR) is 72.1 cm³/mol. The van der Waals surface area contributed by atoms with E-state index in [0.717, 1.165) is 39.3 Å². The largest absolute Gasteiger partial charge is 0.318 e. The molecule has 0 bridgehead atoms. The van der Waals surface area contributed by atoms with Gasteiger partial charge in [0.05, 0.1) is 0 Å². The third kappa shape index (κ3) is 9.09. The maximum Gasteiger partial charge on any atom is 0.0110 e. The number of hydrogen-bond acceptors (Lipinski definition) is 4. The van der Waals surface area contributed by atoms with Crippen molar-refractivity contribution in [1.29, 1.82) is 0 Å². The van der Waals surface area contributed by atoms with Crippen LogP contribution in [0.4, 0.5) is 0 Å². The quantitative estimate of drug-likeness (QED) is 0.520. The van der Waals surface area contributed by atoms with Crippen LogP contribution in [0.5, 0.6) is 0 Å². The number of likely N-dealkylation sites (N-methyl/N-ethyl adjacent to an activating group) is 2. The Morgan fingerprint density at radius 1 is 0.938 bits per heavy atom. The standard InChI is InChI=1S/C12H30N4/c1-12(2)16(10-6-13-3)11-8-14-7-9-15(4)5/h12-14H,6-11H2,1-5H3. The van der Waals surface area contributed by atoms with Gasteiger partial charge in [-0.25, -0.2) is 0 Å². The highest BCUT2D eigenvalue weighted by Gasteiger charge is 2.07. The first-order valence-corrected chi connectivity index (χ1v) is 6.32. The highest BCUT2D eigenvalue weighted by atomic mass is 15.2. The summed E-state index contributed by atoms with van der Waals surface area (Å²) in [5.74, 6) is 0. The highest BCUT2D eigenvalue weighted by molar-refractivity contribution is 4.65. The van der Waals surface area contributed by atoms with E-state index < -0.39 is 0 Å². The van der Waals surface area contributed by atoms with E-state index in [1.54, 1.807) is 0 Å². The van der Waals surface area contributed by atoms with Crippen LogP contribution in [-0.4, -0.2) is 76.3 Å². The van der Waals surface area contributed by atoms with Crippen LogP contribution in [0.15, 0.2) is 0 Å². The van der Waals surface area contributed by atoms with Gasteiger partial charge in [0.15, 0.2) is 0 Å². The van der Waals surface area contributed by atoms with Gasteiger partial charge in [-0.05, 0) is 35.0 Å². The van der Waals surface area contributed by atoms with Crippen LogP contribution in [0.1, 0.15) is 13.8 Å². The van der Waals surface area contributed by atoms with Crippen molar-refractivity contribution in [2.75, 3.05) is 60.4 Å². The fourth-order valence-electron chi connectivity index (χ4n) is 1.53. The van der Waals surface area contributed by atoms with Crippen molar-refractivity contribution in [3.05, 3.63) is 0 Å². The number of nitrogens with one attached hydrogen (secondary N) is 2. The van der Waals surface area contributed by atoms with Gasteiger partial charge in [-0.2, -0.15) is 0 Å². The summed E-state index contributed by atoms with van der Waals surface area (Å²) >= 11 is 0. The van der Waals surface area contributed by atoms with Gasteiger partial charge in [0.2, 0.25) is 0 Å². The number of hydrogen-bond donors (Lipinski definition) is 2. The smallest absolute Gasteiger partial charge is 0.0110 e. The summed E-state index contributed by atoms with van der Waals surface area (Å²) in [5, 5.41) is 6.68. The van der Waals surface area contributed by atoms with Crippen molar-refractivity contribution < 1.29 is 0 Å². The van der Waals surface area contributed by atoms with Crippen LogP contribution in [0.25, 0.3) is 0 Å². The summed E-state index contributed by atoms with van der Waals surface area (Å²) in [7, 11) is 6.22. The van der Waals surface area contributed by atoms with E-state index in [4.69, 9.17) is 0 Å². The zero-order chi connectivity index (χ0) is 12.4. The molecule has 0 aliphatic carbocycles. The van der Waals surface area contributed by atoms with Gasteiger partial charge < -0.3 is 15.5 Å². The maximum atomic E-state index is 3.47. The molecule has 0 fully saturated rings. The molecular weight excluding hydrogens is 200 g/mol. The van der Waals surface area contributed by atoms with Crippen LogP contribution >= 0.6 is 0 Å². The first kappa shape index (κ1) is 15.8. The SMILES string of the molecule is CNCCN(CCNCCN(C)C)C(C)C. The van der Waals surface area contributed by atoms with Gasteiger partial charge >= 0.3 is 0 Å². The summed E-state index contributed by atoms with van der Waals surface area (Å²) < 4.78 is 0. The molecule has 2 N–H and O–H groups in total. The molecule has 0 unspecified atom stereocenters. The second-order valence-electron chi connectivity index (χ2n) is 4.79. The molecule has 98 valence electrons. The minimum Gasteiger partial charge on any atom is -0.318 e. The molecule has 0 radical (unpaired) electrons. The van der Waals surface area contributed by atoms with Crippen LogP contribution in [-0.2, 0) is 0 Å². The molecule has 0 aromatic carbocycles. The Morgan fingerprint density at radius 3 is 2.00 bits per heavy atom. The molecule has 0 heterocycles. The van der Waals surface area contributed by atoms with Crippen LogP contribution < -0.4 is 10.6 Å². The van der Waals surface area contributed by atoms with Gasteiger partial charge in [0.25, 0.3) is 0 Å². The summed E-state index contributed by atoms with van der Waals surface area (Å²) in [6, 6.07) is 0.629. The maximum absolute atomic E-state index is 3.47. The van der Waals surface area contributed by atoms with E-state index in [9.17, 15) is 0 Å². The molecule has 0 aliphatic heterocycles. The molecule has 0 aromatic rings. The molecule has 0 rings (SSSR count). The normalized spacial score (nSPS) is 12.0. The second-order valence-corrected chi connectivity index (χ2v) is 4.79. The van der Waals surface area contributed by atoms with Gasteiger partial charge in [-0.15, -0.1) is 0 Å². The minimum atomic E-state index is 0.629. The predicted octanol–water partition coefficient (Wildman–Crippen LogP) is 0.0674. The number of rotatable bonds is 10. The van der Waals surface area contributed by atoms with Crippen LogP contribution in [0.2, 0.25) is 0 Å². The third-order valence-electron chi connectivity index (χ3n) is 2.69. The lowest BCUT2D eigenvalue weighted by molar-refractivity contribution is 0.223. The Labute approximate surface area is 101 Å².